The first-order chi connectivity index (χ1) is 9.20. The van der Waals surface area contributed by atoms with Crippen molar-refractivity contribution in [2.45, 2.75) is 23.5 Å². The Morgan fingerprint density at radius 3 is 2.20 bits per heavy atom. The normalized spacial score (nSPS) is 13.3. The number of hydrogen-bond acceptors (Lipinski definition) is 3. The topological polar surface area (TPSA) is 46.2 Å². The van der Waals surface area contributed by atoms with Crippen molar-refractivity contribution in [2.24, 2.45) is 5.73 Å². The summed E-state index contributed by atoms with van der Waals surface area (Å²) in [5.41, 5.74) is 8.20. The van der Waals surface area contributed by atoms with E-state index < -0.39 is 6.10 Å². The monoisotopic (exact) mass is 309 g/mol. The maximum Gasteiger partial charge on any atom is 0.0773 e. The number of halogens is 1. The number of aliphatic hydroxyl groups is 1. The molecular weight excluding hydrogens is 290 g/mol. The molecule has 0 spiro atoms. The van der Waals surface area contributed by atoms with Crippen LogP contribution in [0.4, 0.5) is 0 Å². The van der Waals surface area contributed by atoms with E-state index >= 15 is 0 Å². The zero-order chi connectivity index (χ0) is 13.7. The summed E-state index contributed by atoms with van der Waals surface area (Å²) < 4.78 is 0. The van der Waals surface area contributed by atoms with E-state index in [1.165, 1.54) is 4.90 Å². The highest BCUT2D eigenvalue weighted by atomic mass is 35.5. The molecule has 0 aliphatic heterocycles. The molecule has 108 valence electrons. The molecule has 2 nitrogen and oxygen atoms in total. The van der Waals surface area contributed by atoms with E-state index in [1.54, 1.807) is 11.8 Å². The van der Waals surface area contributed by atoms with Gasteiger partial charge in [0.05, 0.1) is 12.1 Å². The van der Waals surface area contributed by atoms with Crippen LogP contribution < -0.4 is 5.73 Å². The van der Waals surface area contributed by atoms with Gasteiger partial charge < -0.3 is 10.8 Å². The summed E-state index contributed by atoms with van der Waals surface area (Å²) in [4.78, 5) is 1.20. The Labute approximate surface area is 130 Å². The lowest BCUT2D eigenvalue weighted by Crippen LogP contribution is -2.28. The number of rotatable bonds is 5. The summed E-state index contributed by atoms with van der Waals surface area (Å²) in [6.45, 7) is 0. The third-order valence-electron chi connectivity index (χ3n) is 3.20. The van der Waals surface area contributed by atoms with Gasteiger partial charge in [0.2, 0.25) is 0 Å². The molecule has 0 fully saturated rings. The van der Waals surface area contributed by atoms with Crippen molar-refractivity contribution in [1.29, 1.82) is 0 Å². The molecule has 0 saturated heterocycles. The largest absolute Gasteiger partial charge is 0.391 e. The number of aliphatic hydroxyl groups excluding tert-OH is 1. The van der Waals surface area contributed by atoms with Crippen molar-refractivity contribution in [2.75, 3.05) is 6.26 Å². The van der Waals surface area contributed by atoms with Gasteiger partial charge in [-0.2, -0.15) is 0 Å². The van der Waals surface area contributed by atoms with Crippen molar-refractivity contribution in [1.82, 2.24) is 0 Å². The van der Waals surface area contributed by atoms with Crippen LogP contribution >= 0.6 is 24.2 Å². The first kappa shape index (κ1) is 17.1. The minimum absolute atomic E-state index is 0. The van der Waals surface area contributed by atoms with Gasteiger partial charge in [0.15, 0.2) is 0 Å². The molecule has 0 aliphatic carbocycles. The summed E-state index contributed by atoms with van der Waals surface area (Å²) in [7, 11) is 0. The molecule has 2 atom stereocenters. The number of thioether (sulfide) groups is 1. The fourth-order valence-electron chi connectivity index (χ4n) is 2.03. The molecule has 0 unspecified atom stereocenters. The van der Waals surface area contributed by atoms with Crippen LogP contribution in [-0.2, 0) is 6.42 Å². The second-order valence-electron chi connectivity index (χ2n) is 4.56. The van der Waals surface area contributed by atoms with E-state index in [0.717, 1.165) is 11.1 Å². The lowest BCUT2D eigenvalue weighted by Gasteiger charge is -2.19. The maximum atomic E-state index is 10.2. The molecule has 20 heavy (non-hydrogen) atoms. The second-order valence-corrected chi connectivity index (χ2v) is 5.44. The summed E-state index contributed by atoms with van der Waals surface area (Å²) in [5, 5.41) is 10.2. The average Bonchev–Trinajstić information content (AvgIpc) is 2.47. The van der Waals surface area contributed by atoms with Crippen LogP contribution in [-0.4, -0.2) is 17.5 Å². The number of benzene rings is 2. The lowest BCUT2D eigenvalue weighted by molar-refractivity contribution is 0.145. The van der Waals surface area contributed by atoms with Crippen molar-refractivity contribution in [3.05, 3.63) is 65.7 Å². The Kier molecular flexibility index (Phi) is 7.10. The van der Waals surface area contributed by atoms with Crippen molar-refractivity contribution < 1.29 is 5.11 Å². The molecule has 0 heterocycles. The number of hydrogen-bond donors (Lipinski definition) is 2. The Bertz CT molecular complexity index is 504. The van der Waals surface area contributed by atoms with Gasteiger partial charge in [-0.05, 0) is 29.5 Å². The van der Waals surface area contributed by atoms with E-state index in [1.807, 2.05) is 60.9 Å². The van der Waals surface area contributed by atoms with E-state index in [9.17, 15) is 5.11 Å². The van der Waals surface area contributed by atoms with Gasteiger partial charge in [0.25, 0.3) is 0 Å². The van der Waals surface area contributed by atoms with E-state index in [4.69, 9.17) is 5.73 Å². The molecule has 0 aromatic heterocycles. The summed E-state index contributed by atoms with van der Waals surface area (Å²) in [6, 6.07) is 17.6. The quantitative estimate of drug-likeness (QED) is 0.832. The SMILES string of the molecule is CSc1ccc([C@H](N)[C@H](O)Cc2ccccc2)cc1.Cl. The van der Waals surface area contributed by atoms with Gasteiger partial charge in [-0.25, -0.2) is 0 Å². The Balaban J connectivity index is 0.00000200. The predicted molar refractivity (Wildman–Crippen MR) is 88.6 cm³/mol. The zero-order valence-corrected chi connectivity index (χ0v) is 13.0. The number of nitrogens with two attached hydrogens (primary N) is 1. The van der Waals surface area contributed by atoms with Crippen LogP contribution in [0.1, 0.15) is 17.2 Å². The maximum absolute atomic E-state index is 10.2. The highest BCUT2D eigenvalue weighted by molar-refractivity contribution is 7.98. The van der Waals surface area contributed by atoms with Crippen LogP contribution in [0.5, 0.6) is 0 Å². The fraction of sp³-hybridized carbons (Fsp3) is 0.250. The molecule has 0 radical (unpaired) electrons. The minimum atomic E-state index is -0.567. The molecule has 3 N–H and O–H groups in total. The van der Waals surface area contributed by atoms with E-state index in [2.05, 4.69) is 0 Å². The second kappa shape index (κ2) is 8.32. The Morgan fingerprint density at radius 2 is 1.65 bits per heavy atom. The molecule has 0 saturated carbocycles. The molecule has 0 amide bonds. The van der Waals surface area contributed by atoms with Crippen LogP contribution in [0, 0.1) is 0 Å². The third kappa shape index (κ3) is 4.53. The molecule has 0 aliphatic rings. The van der Waals surface area contributed by atoms with Gasteiger partial charge in [0, 0.05) is 11.3 Å². The summed E-state index contributed by atoms with van der Waals surface area (Å²) in [5.74, 6) is 0. The van der Waals surface area contributed by atoms with Crippen molar-refractivity contribution >= 4 is 24.2 Å². The molecular formula is C16H20ClNOS. The molecule has 2 aromatic rings. The van der Waals surface area contributed by atoms with Gasteiger partial charge in [-0.1, -0.05) is 42.5 Å². The standard InChI is InChI=1S/C16H19NOS.ClH/c1-19-14-9-7-13(8-10-14)16(17)15(18)11-12-5-3-2-4-6-12;/h2-10,15-16,18H,11,17H2,1H3;1H/t15-,16+;/m1./s1. The minimum Gasteiger partial charge on any atom is -0.391 e. The van der Waals surface area contributed by atoms with Crippen LogP contribution in [0.25, 0.3) is 0 Å². The van der Waals surface area contributed by atoms with Crippen molar-refractivity contribution in [3.63, 3.8) is 0 Å². The summed E-state index contributed by atoms with van der Waals surface area (Å²) >= 11 is 1.70. The summed E-state index contributed by atoms with van der Waals surface area (Å²) in [6.07, 6.45) is 2.05. The van der Waals surface area contributed by atoms with Crippen LogP contribution in [0.3, 0.4) is 0 Å². The predicted octanol–water partition coefficient (Wildman–Crippen LogP) is 3.43. The first-order valence-electron chi connectivity index (χ1n) is 6.32. The van der Waals surface area contributed by atoms with Gasteiger partial charge in [0.1, 0.15) is 0 Å². The molecule has 2 rings (SSSR count). The molecule has 4 heteroatoms. The smallest absolute Gasteiger partial charge is 0.0773 e. The van der Waals surface area contributed by atoms with Gasteiger partial charge >= 0.3 is 0 Å². The van der Waals surface area contributed by atoms with E-state index in [0.29, 0.717) is 6.42 Å². The fourth-order valence-corrected chi connectivity index (χ4v) is 2.44. The first-order valence-corrected chi connectivity index (χ1v) is 7.54. The van der Waals surface area contributed by atoms with Gasteiger partial charge in [-0.15, -0.1) is 24.2 Å². The highest BCUT2D eigenvalue weighted by Gasteiger charge is 2.17. The molecule has 0 bridgehead atoms. The van der Waals surface area contributed by atoms with E-state index in [-0.39, 0.29) is 18.4 Å². The molecule has 2 aromatic carbocycles. The zero-order valence-electron chi connectivity index (χ0n) is 11.4. The average molecular weight is 310 g/mol. The highest BCUT2D eigenvalue weighted by Crippen LogP contribution is 2.21. The Morgan fingerprint density at radius 1 is 1.05 bits per heavy atom. The Hall–Kier alpha value is -1.00. The lowest BCUT2D eigenvalue weighted by atomic mass is 9.97. The van der Waals surface area contributed by atoms with Crippen molar-refractivity contribution in [3.8, 4) is 0 Å². The van der Waals surface area contributed by atoms with Crippen LogP contribution in [0.15, 0.2) is 59.5 Å². The van der Waals surface area contributed by atoms with Crippen LogP contribution in [0.2, 0.25) is 0 Å². The third-order valence-corrected chi connectivity index (χ3v) is 3.95. The van der Waals surface area contributed by atoms with Gasteiger partial charge in [-0.3, -0.25) is 0 Å².